The summed E-state index contributed by atoms with van der Waals surface area (Å²) in [5, 5.41) is 6.59. The van der Waals surface area contributed by atoms with E-state index in [9.17, 15) is 0 Å². The predicted octanol–water partition coefficient (Wildman–Crippen LogP) is 0.817. The van der Waals surface area contributed by atoms with Crippen LogP contribution in [0.3, 0.4) is 0 Å². The monoisotopic (exact) mass is 198 g/mol. The molecule has 2 rings (SSSR count). The van der Waals surface area contributed by atoms with Crippen LogP contribution in [0.2, 0.25) is 5.28 Å². The first-order chi connectivity index (χ1) is 6.31. The van der Waals surface area contributed by atoms with Crippen LogP contribution in [0.4, 0.5) is 5.82 Å². The molecule has 0 bridgehead atoms. The Morgan fingerprint density at radius 1 is 1.46 bits per heavy atom. The second-order valence-corrected chi connectivity index (χ2v) is 3.28. The highest BCUT2D eigenvalue weighted by Gasteiger charge is 2.15. The van der Waals surface area contributed by atoms with E-state index >= 15 is 0 Å². The average molecular weight is 199 g/mol. The van der Waals surface area contributed by atoms with E-state index < -0.39 is 0 Å². The van der Waals surface area contributed by atoms with Gasteiger partial charge in [0.15, 0.2) is 0 Å². The minimum Gasteiger partial charge on any atom is -0.373 e. The lowest BCUT2D eigenvalue weighted by Crippen LogP contribution is -2.26. The highest BCUT2D eigenvalue weighted by molar-refractivity contribution is 6.28. The first-order valence-electron chi connectivity index (χ1n) is 4.25. The van der Waals surface area contributed by atoms with E-state index in [0.717, 1.165) is 31.0 Å². The maximum absolute atomic E-state index is 5.77. The molecule has 1 aliphatic heterocycles. The Bertz CT molecular complexity index is 309. The molecule has 1 aromatic rings. The van der Waals surface area contributed by atoms with Gasteiger partial charge in [-0.05, 0) is 24.6 Å². The zero-order chi connectivity index (χ0) is 9.26. The van der Waals surface area contributed by atoms with Gasteiger partial charge >= 0.3 is 0 Å². The molecule has 0 atom stereocenters. The minimum absolute atomic E-state index is 0.312. The maximum atomic E-state index is 5.77. The number of halogens is 1. The molecule has 0 saturated heterocycles. The normalized spacial score (nSPS) is 15.2. The third-order valence-corrected chi connectivity index (χ3v) is 2.32. The van der Waals surface area contributed by atoms with Gasteiger partial charge in [0.25, 0.3) is 0 Å². The molecule has 2 N–H and O–H groups in total. The minimum atomic E-state index is 0.312. The molecule has 13 heavy (non-hydrogen) atoms. The van der Waals surface area contributed by atoms with Crippen LogP contribution in [0.1, 0.15) is 11.3 Å². The van der Waals surface area contributed by atoms with Gasteiger partial charge in [-0.3, -0.25) is 0 Å². The van der Waals surface area contributed by atoms with Crippen molar-refractivity contribution in [2.45, 2.75) is 13.0 Å². The van der Waals surface area contributed by atoms with E-state index in [-0.39, 0.29) is 0 Å². The Kier molecular flexibility index (Phi) is 2.33. The molecule has 0 spiro atoms. The highest BCUT2D eigenvalue weighted by Crippen LogP contribution is 2.20. The van der Waals surface area contributed by atoms with E-state index in [1.165, 1.54) is 5.56 Å². The maximum Gasteiger partial charge on any atom is 0.224 e. The SMILES string of the molecule is CNc1nc(Cl)nc2c1CCNC2. The second kappa shape index (κ2) is 3.47. The number of hydrogen-bond acceptors (Lipinski definition) is 4. The number of rotatable bonds is 1. The smallest absolute Gasteiger partial charge is 0.224 e. The number of aromatic nitrogens is 2. The predicted molar refractivity (Wildman–Crippen MR) is 52.0 cm³/mol. The average Bonchev–Trinajstić information content (AvgIpc) is 2.16. The van der Waals surface area contributed by atoms with Gasteiger partial charge in [-0.2, -0.15) is 0 Å². The van der Waals surface area contributed by atoms with Crippen molar-refractivity contribution in [3.05, 3.63) is 16.5 Å². The Labute approximate surface area is 81.7 Å². The summed E-state index contributed by atoms with van der Waals surface area (Å²) in [6, 6.07) is 0. The molecule has 70 valence electrons. The molecule has 0 aromatic carbocycles. The van der Waals surface area contributed by atoms with E-state index in [2.05, 4.69) is 20.6 Å². The van der Waals surface area contributed by atoms with Crippen LogP contribution in [-0.2, 0) is 13.0 Å². The van der Waals surface area contributed by atoms with Crippen LogP contribution in [0.5, 0.6) is 0 Å². The van der Waals surface area contributed by atoms with Crippen molar-refractivity contribution in [3.8, 4) is 0 Å². The van der Waals surface area contributed by atoms with Crippen LogP contribution < -0.4 is 10.6 Å². The quantitative estimate of drug-likeness (QED) is 0.656. The lowest BCUT2D eigenvalue weighted by molar-refractivity contribution is 0.624. The van der Waals surface area contributed by atoms with Crippen molar-refractivity contribution in [2.24, 2.45) is 0 Å². The molecule has 0 amide bonds. The standard InChI is InChI=1S/C8H11ClN4/c1-10-7-5-2-3-11-4-6(5)12-8(9)13-7/h11H,2-4H2,1H3,(H,10,12,13). The third-order valence-electron chi connectivity index (χ3n) is 2.15. The molecule has 0 unspecified atom stereocenters. The highest BCUT2D eigenvalue weighted by atomic mass is 35.5. The molecule has 0 saturated carbocycles. The Morgan fingerprint density at radius 3 is 3.08 bits per heavy atom. The van der Waals surface area contributed by atoms with Crippen molar-refractivity contribution < 1.29 is 0 Å². The molecule has 1 aliphatic rings. The molecular formula is C8H11ClN4. The first-order valence-corrected chi connectivity index (χ1v) is 4.63. The fourth-order valence-electron chi connectivity index (χ4n) is 1.54. The fourth-order valence-corrected chi connectivity index (χ4v) is 1.72. The van der Waals surface area contributed by atoms with E-state index in [1.54, 1.807) is 0 Å². The number of anilines is 1. The summed E-state index contributed by atoms with van der Waals surface area (Å²) >= 11 is 5.77. The van der Waals surface area contributed by atoms with Gasteiger partial charge in [0, 0.05) is 19.2 Å². The molecule has 0 radical (unpaired) electrons. The summed E-state index contributed by atoms with van der Waals surface area (Å²) in [5.41, 5.74) is 2.20. The lowest BCUT2D eigenvalue weighted by atomic mass is 10.1. The van der Waals surface area contributed by atoms with Gasteiger partial charge in [0.1, 0.15) is 5.82 Å². The van der Waals surface area contributed by atoms with Gasteiger partial charge in [0.2, 0.25) is 5.28 Å². The Morgan fingerprint density at radius 2 is 2.31 bits per heavy atom. The van der Waals surface area contributed by atoms with Gasteiger partial charge in [0.05, 0.1) is 5.69 Å². The van der Waals surface area contributed by atoms with E-state index in [4.69, 9.17) is 11.6 Å². The van der Waals surface area contributed by atoms with Crippen LogP contribution in [-0.4, -0.2) is 23.6 Å². The van der Waals surface area contributed by atoms with E-state index in [0.29, 0.717) is 5.28 Å². The molecule has 0 aliphatic carbocycles. The topological polar surface area (TPSA) is 49.8 Å². The van der Waals surface area contributed by atoms with Crippen molar-refractivity contribution in [1.29, 1.82) is 0 Å². The summed E-state index contributed by atoms with van der Waals surface area (Å²) in [4.78, 5) is 8.29. The number of hydrogen-bond donors (Lipinski definition) is 2. The lowest BCUT2D eigenvalue weighted by Gasteiger charge is -2.18. The summed E-state index contributed by atoms with van der Waals surface area (Å²) < 4.78 is 0. The number of fused-ring (bicyclic) bond motifs is 1. The third kappa shape index (κ3) is 1.59. The van der Waals surface area contributed by atoms with Crippen molar-refractivity contribution in [3.63, 3.8) is 0 Å². The van der Waals surface area contributed by atoms with Crippen LogP contribution in [0.25, 0.3) is 0 Å². The van der Waals surface area contributed by atoms with Crippen LogP contribution in [0, 0.1) is 0 Å². The summed E-state index contributed by atoms with van der Waals surface area (Å²) in [6.45, 7) is 1.76. The molecule has 2 heterocycles. The van der Waals surface area contributed by atoms with Crippen LogP contribution >= 0.6 is 11.6 Å². The molecule has 4 nitrogen and oxygen atoms in total. The first kappa shape index (κ1) is 8.72. The molecular weight excluding hydrogens is 188 g/mol. The summed E-state index contributed by atoms with van der Waals surface area (Å²) in [5.74, 6) is 0.858. The zero-order valence-corrected chi connectivity index (χ0v) is 8.15. The zero-order valence-electron chi connectivity index (χ0n) is 7.39. The summed E-state index contributed by atoms with van der Waals surface area (Å²) in [7, 11) is 1.85. The largest absolute Gasteiger partial charge is 0.373 e. The Balaban J connectivity index is 2.50. The molecule has 0 fully saturated rings. The number of nitrogens with one attached hydrogen (secondary N) is 2. The Hall–Kier alpha value is -0.870. The van der Waals surface area contributed by atoms with Crippen molar-refractivity contribution in [1.82, 2.24) is 15.3 Å². The molecule has 1 aromatic heterocycles. The number of nitrogens with zero attached hydrogens (tertiary/aromatic N) is 2. The fraction of sp³-hybridized carbons (Fsp3) is 0.500. The van der Waals surface area contributed by atoms with Gasteiger partial charge < -0.3 is 10.6 Å². The van der Waals surface area contributed by atoms with Gasteiger partial charge in [-0.15, -0.1) is 0 Å². The van der Waals surface area contributed by atoms with Gasteiger partial charge in [-0.25, -0.2) is 9.97 Å². The molecule has 5 heteroatoms. The van der Waals surface area contributed by atoms with Gasteiger partial charge in [-0.1, -0.05) is 0 Å². The van der Waals surface area contributed by atoms with Crippen molar-refractivity contribution >= 4 is 17.4 Å². The van der Waals surface area contributed by atoms with Crippen LogP contribution in [0.15, 0.2) is 0 Å². The van der Waals surface area contributed by atoms with E-state index in [1.807, 2.05) is 7.05 Å². The summed E-state index contributed by atoms with van der Waals surface area (Å²) in [6.07, 6.45) is 0.961. The van der Waals surface area contributed by atoms with Crippen molar-refractivity contribution in [2.75, 3.05) is 18.9 Å². The second-order valence-electron chi connectivity index (χ2n) is 2.94.